The highest BCUT2D eigenvalue weighted by Gasteiger charge is 2.26. The smallest absolute Gasteiger partial charge is 0.234 e. The Hall–Kier alpha value is -1.26. The normalized spacial score (nSPS) is 20.8. The third kappa shape index (κ3) is 2.94. The molecule has 1 aliphatic heterocycles. The van der Waals surface area contributed by atoms with Gasteiger partial charge in [-0.05, 0) is 37.1 Å². The lowest BCUT2D eigenvalue weighted by Crippen LogP contribution is -2.47. The fraction of sp³-hybridized carbons (Fsp3) is 0.462. The first-order chi connectivity index (χ1) is 8.58. The molecule has 1 amide bonds. The zero-order valence-electron chi connectivity index (χ0n) is 10.2. The van der Waals surface area contributed by atoms with Gasteiger partial charge < -0.3 is 11.5 Å². The predicted molar refractivity (Wildman–Crippen MR) is 73.1 cm³/mol. The molecule has 1 aromatic carbocycles. The highest BCUT2D eigenvalue weighted by atomic mass is 35.5. The molecule has 0 radical (unpaired) electrons. The fourth-order valence-corrected chi connectivity index (χ4v) is 2.55. The van der Waals surface area contributed by atoms with Gasteiger partial charge in [-0.15, -0.1) is 0 Å². The number of anilines is 1. The summed E-state index contributed by atoms with van der Waals surface area (Å²) in [6, 6.07) is 5.42. The van der Waals surface area contributed by atoms with Crippen LogP contribution in [-0.4, -0.2) is 23.4 Å². The summed E-state index contributed by atoms with van der Waals surface area (Å²) in [5.74, 6) is -0.239. The quantitative estimate of drug-likeness (QED) is 0.820. The second kappa shape index (κ2) is 5.59. The lowest BCUT2D eigenvalue weighted by molar-refractivity contribution is -0.124. The van der Waals surface area contributed by atoms with Gasteiger partial charge in [0.15, 0.2) is 0 Å². The van der Waals surface area contributed by atoms with Crippen molar-refractivity contribution in [2.75, 3.05) is 12.3 Å². The van der Waals surface area contributed by atoms with Gasteiger partial charge in [-0.25, -0.2) is 0 Å². The topological polar surface area (TPSA) is 72.4 Å². The Bertz CT molecular complexity index is 450. The van der Waals surface area contributed by atoms with Crippen molar-refractivity contribution in [3.8, 4) is 0 Å². The maximum atomic E-state index is 11.4. The van der Waals surface area contributed by atoms with Crippen molar-refractivity contribution in [1.82, 2.24) is 4.90 Å². The van der Waals surface area contributed by atoms with E-state index in [1.165, 1.54) is 0 Å². The van der Waals surface area contributed by atoms with Crippen molar-refractivity contribution < 1.29 is 4.79 Å². The van der Waals surface area contributed by atoms with Gasteiger partial charge in [0.05, 0.1) is 16.8 Å². The highest BCUT2D eigenvalue weighted by Crippen LogP contribution is 2.23. The molecular formula is C13H18ClN3O. The van der Waals surface area contributed by atoms with E-state index in [-0.39, 0.29) is 11.9 Å². The third-order valence-electron chi connectivity index (χ3n) is 3.39. The van der Waals surface area contributed by atoms with Crippen molar-refractivity contribution in [3.63, 3.8) is 0 Å². The molecule has 0 saturated carbocycles. The molecule has 5 heteroatoms. The number of primary amides is 1. The molecule has 4 N–H and O–H groups in total. The zero-order chi connectivity index (χ0) is 13.1. The summed E-state index contributed by atoms with van der Waals surface area (Å²) in [6.07, 6.45) is 3.01. The van der Waals surface area contributed by atoms with E-state index in [1.807, 2.05) is 12.1 Å². The Morgan fingerprint density at radius 3 is 2.89 bits per heavy atom. The van der Waals surface area contributed by atoms with E-state index >= 15 is 0 Å². The number of benzene rings is 1. The molecule has 4 nitrogen and oxygen atoms in total. The maximum Gasteiger partial charge on any atom is 0.234 e. The highest BCUT2D eigenvalue weighted by molar-refractivity contribution is 6.33. The summed E-state index contributed by atoms with van der Waals surface area (Å²) < 4.78 is 0. The Kier molecular flexibility index (Phi) is 4.09. The number of halogens is 1. The van der Waals surface area contributed by atoms with Crippen LogP contribution >= 0.6 is 11.6 Å². The van der Waals surface area contributed by atoms with Gasteiger partial charge in [-0.3, -0.25) is 9.69 Å². The van der Waals surface area contributed by atoms with E-state index in [0.29, 0.717) is 17.3 Å². The van der Waals surface area contributed by atoms with Crippen LogP contribution in [0, 0.1) is 0 Å². The number of hydrogen-bond donors (Lipinski definition) is 2. The third-order valence-corrected chi connectivity index (χ3v) is 3.73. The molecule has 2 rings (SSSR count). The molecule has 1 aromatic rings. The van der Waals surface area contributed by atoms with Crippen molar-refractivity contribution in [2.45, 2.75) is 31.8 Å². The minimum absolute atomic E-state index is 0.157. The summed E-state index contributed by atoms with van der Waals surface area (Å²) in [5, 5.41) is 0.559. The lowest BCUT2D eigenvalue weighted by Gasteiger charge is -2.33. The van der Waals surface area contributed by atoms with E-state index in [1.54, 1.807) is 6.07 Å². The lowest BCUT2D eigenvalue weighted by atomic mass is 10.0. The number of piperidine rings is 1. The van der Waals surface area contributed by atoms with Crippen LogP contribution in [0.15, 0.2) is 18.2 Å². The Balaban J connectivity index is 2.10. The van der Waals surface area contributed by atoms with Gasteiger partial charge in [-0.1, -0.05) is 24.1 Å². The summed E-state index contributed by atoms with van der Waals surface area (Å²) in [4.78, 5) is 13.5. The monoisotopic (exact) mass is 267 g/mol. The standard InChI is InChI=1S/C13H18ClN3O/c14-10-5-4-9(7-11(10)15)8-17-6-2-1-3-12(17)13(16)18/h4-5,7,12H,1-3,6,8,15H2,(H2,16,18). The number of amides is 1. The number of likely N-dealkylation sites (tertiary alicyclic amines) is 1. The van der Waals surface area contributed by atoms with Crippen molar-refractivity contribution in [3.05, 3.63) is 28.8 Å². The summed E-state index contributed by atoms with van der Waals surface area (Å²) in [7, 11) is 0. The van der Waals surface area contributed by atoms with E-state index in [9.17, 15) is 4.79 Å². The molecule has 1 atom stereocenters. The molecule has 1 aliphatic rings. The van der Waals surface area contributed by atoms with E-state index < -0.39 is 0 Å². The summed E-state index contributed by atoms with van der Waals surface area (Å²) in [6.45, 7) is 1.59. The zero-order valence-corrected chi connectivity index (χ0v) is 11.0. The molecule has 1 fully saturated rings. The summed E-state index contributed by atoms with van der Waals surface area (Å²) >= 11 is 5.89. The largest absolute Gasteiger partial charge is 0.398 e. The van der Waals surface area contributed by atoms with E-state index in [0.717, 1.165) is 31.4 Å². The number of nitrogens with zero attached hydrogens (tertiary/aromatic N) is 1. The molecule has 0 bridgehead atoms. The van der Waals surface area contributed by atoms with Crippen LogP contribution in [0.5, 0.6) is 0 Å². The molecule has 1 unspecified atom stereocenters. The molecule has 1 saturated heterocycles. The molecule has 1 heterocycles. The van der Waals surface area contributed by atoms with Crippen LogP contribution in [0.4, 0.5) is 5.69 Å². The van der Waals surface area contributed by atoms with Gasteiger partial charge in [0.25, 0.3) is 0 Å². The predicted octanol–water partition coefficient (Wildman–Crippen LogP) is 1.76. The number of nitrogen functional groups attached to an aromatic ring is 1. The SMILES string of the molecule is NC(=O)C1CCCCN1Cc1ccc(Cl)c(N)c1. The van der Waals surface area contributed by atoms with Crippen molar-refractivity contribution in [1.29, 1.82) is 0 Å². The number of carbonyl (C=O) groups excluding carboxylic acids is 1. The number of hydrogen-bond acceptors (Lipinski definition) is 3. The summed E-state index contributed by atoms with van der Waals surface area (Å²) in [5.41, 5.74) is 12.8. The van der Waals surface area contributed by atoms with Crippen molar-refractivity contribution >= 4 is 23.2 Å². The van der Waals surface area contributed by atoms with Crippen LogP contribution in [0.2, 0.25) is 5.02 Å². The van der Waals surface area contributed by atoms with Crippen molar-refractivity contribution in [2.24, 2.45) is 5.73 Å². The van der Waals surface area contributed by atoms with Crippen LogP contribution in [-0.2, 0) is 11.3 Å². The molecule has 18 heavy (non-hydrogen) atoms. The van der Waals surface area contributed by atoms with Crippen LogP contribution in [0.1, 0.15) is 24.8 Å². The average molecular weight is 268 g/mol. The second-order valence-corrected chi connectivity index (χ2v) is 5.15. The fourth-order valence-electron chi connectivity index (χ4n) is 2.43. The first-order valence-electron chi connectivity index (χ1n) is 6.15. The van der Waals surface area contributed by atoms with Gasteiger partial charge in [-0.2, -0.15) is 0 Å². The number of nitrogens with two attached hydrogens (primary N) is 2. The number of rotatable bonds is 3. The first kappa shape index (κ1) is 13.2. The van der Waals surface area contributed by atoms with Crippen LogP contribution in [0.3, 0.4) is 0 Å². The van der Waals surface area contributed by atoms with Gasteiger partial charge in [0.1, 0.15) is 0 Å². The van der Waals surface area contributed by atoms with Gasteiger partial charge in [0, 0.05) is 6.54 Å². The Morgan fingerprint density at radius 1 is 1.44 bits per heavy atom. The molecular weight excluding hydrogens is 250 g/mol. The van der Waals surface area contributed by atoms with Crippen LogP contribution in [0.25, 0.3) is 0 Å². The molecule has 0 aromatic heterocycles. The van der Waals surface area contributed by atoms with Gasteiger partial charge >= 0.3 is 0 Å². The Labute approximate surface area is 112 Å². The van der Waals surface area contributed by atoms with Gasteiger partial charge in [0.2, 0.25) is 5.91 Å². The Morgan fingerprint density at radius 2 is 2.22 bits per heavy atom. The molecule has 0 aliphatic carbocycles. The average Bonchev–Trinajstić information content (AvgIpc) is 2.34. The first-order valence-corrected chi connectivity index (χ1v) is 6.53. The maximum absolute atomic E-state index is 11.4. The molecule has 0 spiro atoms. The van der Waals surface area contributed by atoms with Crippen LogP contribution < -0.4 is 11.5 Å². The molecule has 98 valence electrons. The van der Waals surface area contributed by atoms with E-state index in [2.05, 4.69) is 4.90 Å². The minimum atomic E-state index is -0.239. The second-order valence-electron chi connectivity index (χ2n) is 4.74. The number of carbonyl (C=O) groups is 1. The van der Waals surface area contributed by atoms with E-state index in [4.69, 9.17) is 23.1 Å². The minimum Gasteiger partial charge on any atom is -0.398 e.